The van der Waals surface area contributed by atoms with Gasteiger partial charge in [0.2, 0.25) is 0 Å². The number of halogens is 1. The SMILES string of the molecule is CC1COC(Cn2c(=O)c(C(=O)NC3CC4(CC4)C3)c(O)c3cc(-c4ccc(F)cc4)cnc32)OC1. The van der Waals surface area contributed by atoms with Crippen LogP contribution in [0.1, 0.15) is 43.0 Å². The summed E-state index contributed by atoms with van der Waals surface area (Å²) in [6.45, 7) is 3.02. The van der Waals surface area contributed by atoms with Crippen LogP contribution >= 0.6 is 0 Å². The summed E-state index contributed by atoms with van der Waals surface area (Å²) in [4.78, 5) is 31.3. The number of carbonyl (C=O) groups is 1. The Morgan fingerprint density at radius 1 is 1.19 bits per heavy atom. The third-order valence-electron chi connectivity index (χ3n) is 7.59. The topological polar surface area (TPSA) is 103 Å². The van der Waals surface area contributed by atoms with Gasteiger partial charge in [-0.25, -0.2) is 9.37 Å². The Kier molecular flexibility index (Phi) is 5.57. The molecule has 1 aromatic carbocycles. The minimum atomic E-state index is -0.678. The van der Waals surface area contributed by atoms with E-state index in [0.29, 0.717) is 29.8 Å². The van der Waals surface area contributed by atoms with E-state index in [1.165, 1.54) is 29.5 Å². The predicted molar refractivity (Wildman–Crippen MR) is 130 cm³/mol. The number of rotatable bonds is 5. The van der Waals surface area contributed by atoms with Gasteiger partial charge in [0.05, 0.1) is 25.1 Å². The van der Waals surface area contributed by atoms with Gasteiger partial charge in [-0.15, -0.1) is 0 Å². The van der Waals surface area contributed by atoms with Gasteiger partial charge in [0, 0.05) is 23.7 Å². The summed E-state index contributed by atoms with van der Waals surface area (Å²) < 4.78 is 26.3. The minimum Gasteiger partial charge on any atom is -0.506 e. The highest BCUT2D eigenvalue weighted by Crippen LogP contribution is 2.60. The molecule has 1 spiro atoms. The molecule has 0 atom stereocenters. The Morgan fingerprint density at radius 3 is 2.56 bits per heavy atom. The van der Waals surface area contributed by atoms with Crippen LogP contribution in [0.4, 0.5) is 4.39 Å². The van der Waals surface area contributed by atoms with Crippen LogP contribution in [0.5, 0.6) is 5.75 Å². The molecule has 2 aliphatic carbocycles. The first-order valence-electron chi connectivity index (χ1n) is 12.4. The quantitative estimate of drug-likeness (QED) is 0.563. The molecule has 3 aromatic rings. The highest BCUT2D eigenvalue weighted by molar-refractivity contribution is 6.02. The van der Waals surface area contributed by atoms with Gasteiger partial charge < -0.3 is 19.9 Å². The van der Waals surface area contributed by atoms with Crippen LogP contribution < -0.4 is 10.9 Å². The normalized spacial score (nSPS) is 22.9. The summed E-state index contributed by atoms with van der Waals surface area (Å²) in [6.07, 6.45) is 5.05. The van der Waals surface area contributed by atoms with Gasteiger partial charge in [0.1, 0.15) is 22.8 Å². The summed E-state index contributed by atoms with van der Waals surface area (Å²) in [5, 5.41) is 14.3. The number of nitrogens with zero attached hydrogens (tertiary/aromatic N) is 2. The maximum absolute atomic E-state index is 13.6. The second-order valence-corrected chi connectivity index (χ2v) is 10.5. The van der Waals surface area contributed by atoms with E-state index in [0.717, 1.165) is 12.8 Å². The maximum atomic E-state index is 13.6. The molecular weight excluding hydrogens is 465 g/mol. The smallest absolute Gasteiger partial charge is 0.269 e. The average molecular weight is 494 g/mol. The van der Waals surface area contributed by atoms with E-state index in [9.17, 15) is 19.1 Å². The zero-order valence-corrected chi connectivity index (χ0v) is 20.0. The molecule has 3 heterocycles. The van der Waals surface area contributed by atoms with Crippen LogP contribution in [0.25, 0.3) is 22.2 Å². The number of benzene rings is 1. The van der Waals surface area contributed by atoms with Crippen molar-refractivity contribution in [1.82, 2.24) is 14.9 Å². The number of nitrogens with one attached hydrogen (secondary N) is 1. The Hall–Kier alpha value is -3.30. The summed E-state index contributed by atoms with van der Waals surface area (Å²) in [7, 11) is 0. The molecule has 6 rings (SSSR count). The molecule has 36 heavy (non-hydrogen) atoms. The standard InChI is InChI=1S/C27H28FN3O5/c1-15-13-35-21(36-14-15)12-31-24-20(8-17(11-29-24)16-2-4-18(28)5-3-16)23(32)22(26(31)34)25(33)30-19-9-27(10-19)6-7-27/h2-5,8,11,15,19,21,32H,6-7,9-10,12-14H2,1H3,(H,30,33). The molecule has 3 fully saturated rings. The first kappa shape index (κ1) is 23.1. The number of aromatic hydroxyl groups is 1. The lowest BCUT2D eigenvalue weighted by molar-refractivity contribution is -0.203. The molecule has 2 saturated carbocycles. The minimum absolute atomic E-state index is 0.00174. The van der Waals surface area contributed by atoms with Crippen molar-refractivity contribution >= 4 is 16.9 Å². The van der Waals surface area contributed by atoms with Crippen LogP contribution in [0.3, 0.4) is 0 Å². The third kappa shape index (κ3) is 4.16. The van der Waals surface area contributed by atoms with Crippen molar-refractivity contribution in [2.24, 2.45) is 11.3 Å². The molecule has 0 unspecified atom stereocenters. The predicted octanol–water partition coefficient (Wildman–Crippen LogP) is 3.59. The molecule has 1 saturated heterocycles. The number of hydrogen-bond acceptors (Lipinski definition) is 6. The van der Waals surface area contributed by atoms with E-state index in [1.807, 2.05) is 6.92 Å². The van der Waals surface area contributed by atoms with Crippen molar-refractivity contribution in [3.8, 4) is 16.9 Å². The van der Waals surface area contributed by atoms with Gasteiger partial charge in [-0.1, -0.05) is 19.1 Å². The van der Waals surface area contributed by atoms with Gasteiger partial charge in [0.15, 0.2) is 6.29 Å². The molecule has 2 N–H and O–H groups in total. The highest BCUT2D eigenvalue weighted by Gasteiger charge is 2.53. The number of amides is 1. The Bertz CT molecular complexity index is 1380. The zero-order chi connectivity index (χ0) is 25.0. The molecule has 188 valence electrons. The van der Waals surface area contributed by atoms with Gasteiger partial charge in [0.25, 0.3) is 11.5 Å². The number of fused-ring (bicyclic) bond motifs is 1. The lowest BCUT2D eigenvalue weighted by Gasteiger charge is -2.36. The molecule has 1 aliphatic heterocycles. The average Bonchev–Trinajstić information content (AvgIpc) is 3.64. The number of ether oxygens (including phenoxy) is 2. The van der Waals surface area contributed by atoms with E-state index in [4.69, 9.17) is 9.47 Å². The van der Waals surface area contributed by atoms with Gasteiger partial charge in [-0.2, -0.15) is 0 Å². The molecule has 2 aromatic heterocycles. The number of pyridine rings is 2. The van der Waals surface area contributed by atoms with E-state index in [2.05, 4.69) is 10.3 Å². The monoisotopic (exact) mass is 493 g/mol. The lowest BCUT2D eigenvalue weighted by Crippen LogP contribution is -2.47. The third-order valence-corrected chi connectivity index (χ3v) is 7.59. The Morgan fingerprint density at radius 2 is 1.89 bits per heavy atom. The van der Waals surface area contributed by atoms with Crippen molar-refractivity contribution in [1.29, 1.82) is 0 Å². The highest BCUT2D eigenvalue weighted by atomic mass is 19.1. The zero-order valence-electron chi connectivity index (χ0n) is 20.0. The maximum Gasteiger partial charge on any atom is 0.269 e. The summed E-state index contributed by atoms with van der Waals surface area (Å²) in [6, 6.07) is 7.54. The number of hydrogen-bond donors (Lipinski definition) is 2. The van der Waals surface area contributed by atoms with Crippen LogP contribution in [-0.4, -0.2) is 46.1 Å². The van der Waals surface area contributed by atoms with Crippen molar-refractivity contribution in [3.05, 3.63) is 58.3 Å². The Labute approximate surface area is 207 Å². The second-order valence-electron chi connectivity index (χ2n) is 10.5. The fourth-order valence-electron chi connectivity index (χ4n) is 5.31. The molecule has 1 amide bonds. The molecule has 0 radical (unpaired) electrons. The van der Waals surface area contributed by atoms with E-state index < -0.39 is 23.5 Å². The van der Waals surface area contributed by atoms with Crippen LogP contribution in [0.15, 0.2) is 41.3 Å². The largest absolute Gasteiger partial charge is 0.506 e. The van der Waals surface area contributed by atoms with Crippen LogP contribution in [0.2, 0.25) is 0 Å². The molecular formula is C27H28FN3O5. The van der Waals surface area contributed by atoms with Crippen molar-refractivity contribution in [2.75, 3.05) is 13.2 Å². The van der Waals surface area contributed by atoms with Gasteiger partial charge in [-0.3, -0.25) is 14.2 Å². The van der Waals surface area contributed by atoms with Crippen LogP contribution in [0, 0.1) is 17.2 Å². The van der Waals surface area contributed by atoms with Crippen molar-refractivity contribution in [3.63, 3.8) is 0 Å². The number of carbonyl (C=O) groups excluding carboxylic acids is 1. The summed E-state index contributed by atoms with van der Waals surface area (Å²) >= 11 is 0. The molecule has 9 heteroatoms. The van der Waals surface area contributed by atoms with Crippen molar-refractivity contribution < 1.29 is 23.8 Å². The lowest BCUT2D eigenvalue weighted by atomic mass is 9.77. The van der Waals surface area contributed by atoms with Crippen LogP contribution in [-0.2, 0) is 16.0 Å². The second kappa shape index (κ2) is 8.67. The summed E-state index contributed by atoms with van der Waals surface area (Å²) in [5.41, 5.74) is 0.928. The van der Waals surface area contributed by atoms with E-state index >= 15 is 0 Å². The fraction of sp³-hybridized carbons (Fsp3) is 0.444. The van der Waals surface area contributed by atoms with Crippen molar-refractivity contribution in [2.45, 2.75) is 51.5 Å². The van der Waals surface area contributed by atoms with E-state index in [1.54, 1.807) is 24.4 Å². The van der Waals surface area contributed by atoms with Gasteiger partial charge >= 0.3 is 0 Å². The van der Waals surface area contributed by atoms with Gasteiger partial charge in [-0.05, 0) is 54.9 Å². The number of aromatic nitrogens is 2. The fourth-order valence-corrected chi connectivity index (χ4v) is 5.31. The molecule has 3 aliphatic rings. The molecule has 0 bridgehead atoms. The summed E-state index contributed by atoms with van der Waals surface area (Å²) in [5.74, 6) is -1.14. The first-order valence-corrected chi connectivity index (χ1v) is 12.4. The Balaban J connectivity index is 1.41. The molecule has 8 nitrogen and oxygen atoms in total. The first-order chi connectivity index (χ1) is 17.3. The van der Waals surface area contributed by atoms with E-state index in [-0.39, 0.29) is 40.9 Å².